The predicted molar refractivity (Wildman–Crippen MR) is 100 cm³/mol. The number of carbonyl (C=O) groups excluding carboxylic acids is 2. The van der Waals surface area contributed by atoms with Gasteiger partial charge in [-0.2, -0.15) is 0 Å². The second kappa shape index (κ2) is 8.87. The Morgan fingerprint density at radius 1 is 1.08 bits per heavy atom. The topological polar surface area (TPSA) is 58.6 Å². The van der Waals surface area contributed by atoms with Gasteiger partial charge < -0.3 is 15.0 Å². The van der Waals surface area contributed by atoms with Crippen LogP contribution >= 0.6 is 0 Å². The van der Waals surface area contributed by atoms with Crippen molar-refractivity contribution in [2.24, 2.45) is 0 Å². The van der Waals surface area contributed by atoms with Crippen LogP contribution in [0.15, 0.2) is 48.5 Å². The molecule has 0 aliphatic heterocycles. The molecule has 0 aliphatic rings. The number of amides is 2. The summed E-state index contributed by atoms with van der Waals surface area (Å²) in [7, 11) is 0. The van der Waals surface area contributed by atoms with E-state index < -0.39 is 0 Å². The lowest BCUT2D eigenvalue weighted by Crippen LogP contribution is -2.32. The molecule has 1 N–H and O–H groups in total. The first kappa shape index (κ1) is 18.5. The summed E-state index contributed by atoms with van der Waals surface area (Å²) in [5.41, 5.74) is 2.56. The first-order valence-corrected chi connectivity index (χ1v) is 8.37. The molecule has 132 valence electrons. The monoisotopic (exact) mass is 340 g/mol. The second-order valence-electron chi connectivity index (χ2n) is 5.74. The molecule has 5 heteroatoms. The molecule has 2 amide bonds. The molecule has 0 atom stereocenters. The summed E-state index contributed by atoms with van der Waals surface area (Å²) >= 11 is 0. The molecule has 25 heavy (non-hydrogen) atoms. The lowest BCUT2D eigenvalue weighted by molar-refractivity contribution is -0.117. The molecule has 0 aromatic heterocycles. The van der Waals surface area contributed by atoms with Crippen molar-refractivity contribution in [3.05, 3.63) is 54.1 Å². The summed E-state index contributed by atoms with van der Waals surface area (Å²) in [6.45, 7) is 6.17. The SMILES string of the molecule is CCOc1ccccc1N(CCC(=O)Nc1ccc(C)cc1)C(C)=O. The van der Waals surface area contributed by atoms with Crippen molar-refractivity contribution in [3.8, 4) is 5.75 Å². The molecule has 0 heterocycles. The van der Waals surface area contributed by atoms with Crippen LogP contribution in [0.1, 0.15) is 25.8 Å². The van der Waals surface area contributed by atoms with Gasteiger partial charge in [0.2, 0.25) is 11.8 Å². The predicted octanol–water partition coefficient (Wildman–Crippen LogP) is 3.78. The maximum Gasteiger partial charge on any atom is 0.226 e. The smallest absolute Gasteiger partial charge is 0.226 e. The Balaban J connectivity index is 2.03. The number of carbonyl (C=O) groups is 2. The average molecular weight is 340 g/mol. The van der Waals surface area contributed by atoms with E-state index in [9.17, 15) is 9.59 Å². The van der Waals surface area contributed by atoms with Crippen LogP contribution in [0.4, 0.5) is 11.4 Å². The molecule has 2 aromatic carbocycles. The molecule has 0 saturated heterocycles. The number of para-hydroxylation sites is 2. The number of ether oxygens (including phenoxy) is 1. The highest BCUT2D eigenvalue weighted by Gasteiger charge is 2.17. The van der Waals surface area contributed by atoms with Gasteiger partial charge in [0.15, 0.2) is 0 Å². The highest BCUT2D eigenvalue weighted by molar-refractivity contribution is 5.95. The third kappa shape index (κ3) is 5.35. The van der Waals surface area contributed by atoms with E-state index in [0.29, 0.717) is 18.0 Å². The van der Waals surface area contributed by atoms with Crippen molar-refractivity contribution in [2.75, 3.05) is 23.4 Å². The Morgan fingerprint density at radius 2 is 1.76 bits per heavy atom. The van der Waals surface area contributed by atoms with Gasteiger partial charge >= 0.3 is 0 Å². The van der Waals surface area contributed by atoms with Crippen LogP contribution in [-0.2, 0) is 9.59 Å². The first-order valence-electron chi connectivity index (χ1n) is 8.37. The molecule has 2 rings (SSSR count). The highest BCUT2D eigenvalue weighted by Crippen LogP contribution is 2.28. The Bertz CT molecular complexity index is 726. The van der Waals surface area contributed by atoms with Gasteiger partial charge in [-0.15, -0.1) is 0 Å². The lowest BCUT2D eigenvalue weighted by atomic mass is 10.2. The lowest BCUT2D eigenvalue weighted by Gasteiger charge is -2.23. The highest BCUT2D eigenvalue weighted by atomic mass is 16.5. The number of anilines is 2. The molecule has 0 fully saturated rings. The van der Waals surface area contributed by atoms with Gasteiger partial charge in [-0.3, -0.25) is 9.59 Å². The normalized spacial score (nSPS) is 10.2. The summed E-state index contributed by atoms with van der Waals surface area (Å²) in [6.07, 6.45) is 0.202. The van der Waals surface area contributed by atoms with Gasteiger partial charge in [-0.1, -0.05) is 29.8 Å². The van der Waals surface area contributed by atoms with Crippen molar-refractivity contribution >= 4 is 23.2 Å². The zero-order valence-corrected chi connectivity index (χ0v) is 14.9. The molecular formula is C20H24N2O3. The summed E-state index contributed by atoms with van der Waals surface area (Å²) < 4.78 is 5.59. The number of nitrogens with one attached hydrogen (secondary N) is 1. The summed E-state index contributed by atoms with van der Waals surface area (Å²) in [5.74, 6) is 0.374. The molecule has 0 aliphatic carbocycles. The fourth-order valence-corrected chi connectivity index (χ4v) is 2.48. The largest absolute Gasteiger partial charge is 0.492 e. The van der Waals surface area contributed by atoms with Crippen molar-refractivity contribution in [1.82, 2.24) is 0 Å². The van der Waals surface area contributed by atoms with Gasteiger partial charge in [0, 0.05) is 25.6 Å². The zero-order chi connectivity index (χ0) is 18.2. The van der Waals surface area contributed by atoms with E-state index >= 15 is 0 Å². The third-order valence-electron chi connectivity index (χ3n) is 3.73. The van der Waals surface area contributed by atoms with E-state index in [0.717, 1.165) is 11.3 Å². The minimum atomic E-state index is -0.135. The van der Waals surface area contributed by atoms with Crippen LogP contribution in [0.3, 0.4) is 0 Å². The van der Waals surface area contributed by atoms with Gasteiger partial charge in [-0.05, 0) is 38.1 Å². The molecule has 0 bridgehead atoms. The second-order valence-corrected chi connectivity index (χ2v) is 5.74. The Morgan fingerprint density at radius 3 is 2.40 bits per heavy atom. The molecule has 0 unspecified atom stereocenters. The van der Waals surface area contributed by atoms with E-state index in [2.05, 4.69) is 5.32 Å². The van der Waals surface area contributed by atoms with Gasteiger partial charge in [0.25, 0.3) is 0 Å². The van der Waals surface area contributed by atoms with E-state index in [1.54, 1.807) is 4.90 Å². The first-order chi connectivity index (χ1) is 12.0. The maximum absolute atomic E-state index is 12.2. The molecule has 0 radical (unpaired) electrons. The minimum absolute atomic E-state index is 0.129. The minimum Gasteiger partial charge on any atom is -0.492 e. The van der Waals surface area contributed by atoms with Crippen molar-refractivity contribution in [3.63, 3.8) is 0 Å². The van der Waals surface area contributed by atoms with E-state index in [1.807, 2.05) is 62.4 Å². The van der Waals surface area contributed by atoms with E-state index in [1.165, 1.54) is 6.92 Å². The fourth-order valence-electron chi connectivity index (χ4n) is 2.48. The standard InChI is InChI=1S/C20H24N2O3/c1-4-25-19-8-6-5-7-18(19)22(16(3)23)14-13-20(24)21-17-11-9-15(2)10-12-17/h5-12H,4,13-14H2,1-3H3,(H,21,24). The van der Waals surface area contributed by atoms with Crippen LogP contribution in [0, 0.1) is 6.92 Å². The molecule has 0 spiro atoms. The maximum atomic E-state index is 12.2. The van der Waals surface area contributed by atoms with Gasteiger partial charge in [0.05, 0.1) is 12.3 Å². The van der Waals surface area contributed by atoms with Crippen LogP contribution in [0.25, 0.3) is 0 Å². The summed E-state index contributed by atoms with van der Waals surface area (Å²) in [5, 5.41) is 2.85. The Kier molecular flexibility index (Phi) is 6.57. The molecule has 2 aromatic rings. The van der Waals surface area contributed by atoms with Gasteiger partial charge in [-0.25, -0.2) is 0 Å². The number of nitrogens with zero attached hydrogens (tertiary/aromatic N) is 1. The van der Waals surface area contributed by atoms with Crippen molar-refractivity contribution < 1.29 is 14.3 Å². The third-order valence-corrected chi connectivity index (χ3v) is 3.73. The Hall–Kier alpha value is -2.82. The van der Waals surface area contributed by atoms with Crippen LogP contribution in [0.2, 0.25) is 0 Å². The number of rotatable bonds is 7. The number of hydrogen-bond acceptors (Lipinski definition) is 3. The molecule has 0 saturated carbocycles. The molecule has 5 nitrogen and oxygen atoms in total. The van der Waals surface area contributed by atoms with Gasteiger partial charge in [0.1, 0.15) is 5.75 Å². The van der Waals surface area contributed by atoms with Crippen LogP contribution in [0.5, 0.6) is 5.75 Å². The fraction of sp³-hybridized carbons (Fsp3) is 0.300. The average Bonchev–Trinajstić information content (AvgIpc) is 2.58. The van der Waals surface area contributed by atoms with E-state index in [-0.39, 0.29) is 24.8 Å². The summed E-state index contributed by atoms with van der Waals surface area (Å²) in [6, 6.07) is 15.0. The van der Waals surface area contributed by atoms with Crippen LogP contribution in [-0.4, -0.2) is 25.0 Å². The van der Waals surface area contributed by atoms with E-state index in [4.69, 9.17) is 4.74 Å². The molecular weight excluding hydrogens is 316 g/mol. The van der Waals surface area contributed by atoms with Crippen molar-refractivity contribution in [1.29, 1.82) is 0 Å². The van der Waals surface area contributed by atoms with Crippen molar-refractivity contribution in [2.45, 2.75) is 27.2 Å². The Labute approximate surface area is 148 Å². The number of aryl methyl sites for hydroxylation is 1. The number of hydrogen-bond donors (Lipinski definition) is 1. The zero-order valence-electron chi connectivity index (χ0n) is 14.9. The summed E-state index contributed by atoms with van der Waals surface area (Å²) in [4.78, 5) is 25.8. The van der Waals surface area contributed by atoms with Crippen LogP contribution < -0.4 is 15.0 Å². The number of benzene rings is 2. The quantitative estimate of drug-likeness (QED) is 0.834.